The fourth-order valence-electron chi connectivity index (χ4n) is 1.17. The van der Waals surface area contributed by atoms with Crippen molar-refractivity contribution in [1.29, 1.82) is 0 Å². The Hall–Kier alpha value is -1.37. The topological polar surface area (TPSA) is 38.0 Å². The monoisotopic (exact) mass is 266 g/mol. The minimum Gasteiger partial charge on any atom is -0.389 e. The van der Waals surface area contributed by atoms with Gasteiger partial charge < -0.3 is 11.1 Å². The molecule has 0 amide bonds. The van der Waals surface area contributed by atoms with E-state index in [0.717, 1.165) is 6.07 Å². The van der Waals surface area contributed by atoms with Crippen molar-refractivity contribution in [3.8, 4) is 0 Å². The van der Waals surface area contributed by atoms with Crippen LogP contribution in [0.25, 0.3) is 0 Å². The van der Waals surface area contributed by atoms with E-state index in [1.165, 1.54) is 12.1 Å². The molecule has 7 heteroatoms. The van der Waals surface area contributed by atoms with E-state index in [1.807, 2.05) is 0 Å². The highest BCUT2D eigenvalue weighted by molar-refractivity contribution is 7.80. The van der Waals surface area contributed by atoms with Gasteiger partial charge in [0.05, 0.1) is 6.42 Å². The Kier molecular flexibility index (Phi) is 4.28. The Bertz CT molecular complexity index is 417. The molecule has 0 fully saturated rings. The molecule has 0 saturated heterocycles. The smallest absolute Gasteiger partial charge is 0.389 e. The van der Waals surface area contributed by atoms with Crippen molar-refractivity contribution >= 4 is 22.9 Å². The summed E-state index contributed by atoms with van der Waals surface area (Å²) in [6.45, 7) is -0.310. The largest absolute Gasteiger partial charge is 0.390 e. The highest BCUT2D eigenvalue weighted by Crippen LogP contribution is 2.20. The molecule has 1 aromatic rings. The van der Waals surface area contributed by atoms with Crippen molar-refractivity contribution in [3.63, 3.8) is 0 Å². The second kappa shape index (κ2) is 5.31. The van der Waals surface area contributed by atoms with Crippen LogP contribution in [0.1, 0.15) is 12.0 Å². The normalized spacial score (nSPS) is 11.3. The molecule has 0 heterocycles. The van der Waals surface area contributed by atoms with Gasteiger partial charge in [0.1, 0.15) is 10.8 Å². The van der Waals surface area contributed by atoms with Crippen LogP contribution in [0.2, 0.25) is 0 Å². The second-order valence-corrected chi connectivity index (χ2v) is 3.79. The van der Waals surface area contributed by atoms with Crippen molar-refractivity contribution in [1.82, 2.24) is 0 Å². The average Bonchev–Trinajstić information content (AvgIpc) is 2.15. The number of hydrogen-bond acceptors (Lipinski definition) is 2. The Morgan fingerprint density at radius 2 is 2.00 bits per heavy atom. The van der Waals surface area contributed by atoms with Crippen molar-refractivity contribution in [2.75, 3.05) is 11.9 Å². The maximum atomic E-state index is 13.3. The maximum Gasteiger partial charge on any atom is 0.390 e. The summed E-state index contributed by atoms with van der Waals surface area (Å²) in [4.78, 5) is -0.0932. The molecule has 3 N–H and O–H groups in total. The van der Waals surface area contributed by atoms with E-state index >= 15 is 0 Å². The zero-order valence-corrected chi connectivity index (χ0v) is 9.46. The van der Waals surface area contributed by atoms with Gasteiger partial charge in [0.2, 0.25) is 0 Å². The molecule has 94 valence electrons. The van der Waals surface area contributed by atoms with Crippen LogP contribution in [0.3, 0.4) is 0 Å². The summed E-state index contributed by atoms with van der Waals surface area (Å²) in [5.74, 6) is -0.658. The van der Waals surface area contributed by atoms with Crippen LogP contribution < -0.4 is 11.1 Å². The van der Waals surface area contributed by atoms with Gasteiger partial charge in [0.25, 0.3) is 0 Å². The summed E-state index contributed by atoms with van der Waals surface area (Å²) < 4.78 is 48.9. The van der Waals surface area contributed by atoms with Gasteiger partial charge in [-0.3, -0.25) is 0 Å². The Labute approximate surface area is 101 Å². The third-order valence-electron chi connectivity index (χ3n) is 1.97. The summed E-state index contributed by atoms with van der Waals surface area (Å²) in [7, 11) is 0. The van der Waals surface area contributed by atoms with Gasteiger partial charge >= 0.3 is 6.18 Å². The van der Waals surface area contributed by atoms with E-state index in [2.05, 4.69) is 17.5 Å². The zero-order valence-electron chi connectivity index (χ0n) is 8.64. The van der Waals surface area contributed by atoms with Crippen LogP contribution >= 0.6 is 12.2 Å². The van der Waals surface area contributed by atoms with Crippen LogP contribution in [0.4, 0.5) is 23.2 Å². The number of nitrogens with two attached hydrogens (primary N) is 1. The molecule has 0 atom stereocenters. The Morgan fingerprint density at radius 1 is 1.35 bits per heavy atom. The van der Waals surface area contributed by atoms with Gasteiger partial charge in [0.15, 0.2) is 0 Å². The highest BCUT2D eigenvalue weighted by atomic mass is 32.1. The minimum atomic E-state index is -4.23. The number of rotatable bonds is 4. The van der Waals surface area contributed by atoms with Crippen LogP contribution in [0, 0.1) is 5.82 Å². The SMILES string of the molecule is NC(=S)c1ccc(NCCC(F)(F)F)cc1F. The summed E-state index contributed by atoms with van der Waals surface area (Å²) in [5.41, 5.74) is 5.57. The lowest BCUT2D eigenvalue weighted by atomic mass is 10.2. The van der Waals surface area contributed by atoms with E-state index in [1.54, 1.807) is 0 Å². The predicted octanol–water partition coefficient (Wildman–Crippen LogP) is 2.82. The van der Waals surface area contributed by atoms with Gasteiger partial charge in [-0.05, 0) is 18.2 Å². The van der Waals surface area contributed by atoms with Crippen molar-refractivity contribution in [3.05, 3.63) is 29.6 Å². The molecule has 0 bridgehead atoms. The number of alkyl halides is 3. The molecular weight excluding hydrogens is 256 g/mol. The van der Waals surface area contributed by atoms with Crippen LogP contribution in [0.5, 0.6) is 0 Å². The van der Waals surface area contributed by atoms with Crippen LogP contribution in [-0.4, -0.2) is 17.7 Å². The Morgan fingerprint density at radius 3 is 2.47 bits per heavy atom. The molecule has 0 aliphatic carbocycles. The van der Waals surface area contributed by atoms with E-state index in [9.17, 15) is 17.6 Å². The molecule has 1 rings (SSSR count). The molecule has 0 saturated carbocycles. The highest BCUT2D eigenvalue weighted by Gasteiger charge is 2.26. The second-order valence-electron chi connectivity index (χ2n) is 3.35. The number of thiocarbonyl (C=S) groups is 1. The fourth-order valence-corrected chi connectivity index (χ4v) is 1.34. The first kappa shape index (κ1) is 13.7. The predicted molar refractivity (Wildman–Crippen MR) is 61.4 cm³/mol. The molecule has 2 nitrogen and oxygen atoms in total. The molecule has 17 heavy (non-hydrogen) atoms. The molecule has 0 unspecified atom stereocenters. The van der Waals surface area contributed by atoms with E-state index in [-0.39, 0.29) is 22.8 Å². The molecule has 1 aromatic carbocycles. The number of halogens is 4. The van der Waals surface area contributed by atoms with Gasteiger partial charge in [0, 0.05) is 17.8 Å². The molecule has 0 spiro atoms. The van der Waals surface area contributed by atoms with E-state index in [4.69, 9.17) is 5.73 Å². The van der Waals surface area contributed by atoms with E-state index in [0.29, 0.717) is 0 Å². The third kappa shape index (κ3) is 4.56. The lowest BCUT2D eigenvalue weighted by Crippen LogP contribution is -2.15. The van der Waals surface area contributed by atoms with Crippen molar-refractivity contribution in [2.45, 2.75) is 12.6 Å². The number of anilines is 1. The number of hydrogen-bond donors (Lipinski definition) is 2. The Balaban J connectivity index is 2.62. The summed E-state index contributed by atoms with van der Waals surface area (Å²) >= 11 is 4.60. The van der Waals surface area contributed by atoms with Crippen LogP contribution in [-0.2, 0) is 0 Å². The fraction of sp³-hybridized carbons (Fsp3) is 0.300. The lowest BCUT2D eigenvalue weighted by Gasteiger charge is -2.09. The quantitative estimate of drug-likeness (QED) is 0.650. The summed E-state index contributed by atoms with van der Waals surface area (Å²) in [5, 5.41) is 2.46. The summed E-state index contributed by atoms with van der Waals surface area (Å²) in [6.07, 6.45) is -5.21. The van der Waals surface area contributed by atoms with Gasteiger partial charge in [-0.1, -0.05) is 12.2 Å². The van der Waals surface area contributed by atoms with Gasteiger partial charge in [-0.15, -0.1) is 0 Å². The number of nitrogens with one attached hydrogen (secondary N) is 1. The lowest BCUT2D eigenvalue weighted by molar-refractivity contribution is -0.131. The standard InChI is InChI=1S/C10H10F4N2S/c11-8-5-6(1-2-7(8)9(15)17)16-4-3-10(12,13)14/h1-2,5,16H,3-4H2,(H2,15,17). The van der Waals surface area contributed by atoms with Crippen molar-refractivity contribution < 1.29 is 17.6 Å². The molecule has 0 radical (unpaired) electrons. The first-order valence-electron chi connectivity index (χ1n) is 4.69. The van der Waals surface area contributed by atoms with Crippen LogP contribution in [0.15, 0.2) is 18.2 Å². The minimum absolute atomic E-state index is 0.0707. The zero-order chi connectivity index (χ0) is 13.1. The number of benzene rings is 1. The van der Waals surface area contributed by atoms with Gasteiger partial charge in [-0.2, -0.15) is 13.2 Å². The first-order chi connectivity index (χ1) is 7.79. The van der Waals surface area contributed by atoms with Crippen molar-refractivity contribution in [2.24, 2.45) is 5.73 Å². The molecule has 0 aliphatic heterocycles. The third-order valence-corrected chi connectivity index (χ3v) is 2.19. The summed E-state index contributed by atoms with van der Waals surface area (Å²) in [6, 6.07) is 3.81. The maximum absolute atomic E-state index is 13.3. The van der Waals surface area contributed by atoms with E-state index < -0.39 is 18.4 Å². The van der Waals surface area contributed by atoms with Gasteiger partial charge in [-0.25, -0.2) is 4.39 Å². The molecular formula is C10H10F4N2S. The molecule has 0 aromatic heterocycles. The average molecular weight is 266 g/mol. The molecule has 0 aliphatic rings. The first-order valence-corrected chi connectivity index (χ1v) is 5.10.